The summed E-state index contributed by atoms with van der Waals surface area (Å²) >= 11 is 0. The first kappa shape index (κ1) is 19.2. The van der Waals surface area contributed by atoms with Gasteiger partial charge in [-0.1, -0.05) is 26.2 Å². The fraction of sp³-hybridized carbons (Fsp3) is 0.867. The van der Waals surface area contributed by atoms with E-state index in [9.17, 15) is 4.79 Å². The largest absolute Gasteiger partial charge is 0.556 e. The van der Waals surface area contributed by atoms with Gasteiger partial charge in [0.25, 0.3) is 0 Å². The molecule has 0 aliphatic carbocycles. The zero-order chi connectivity index (χ0) is 16.9. The highest BCUT2D eigenvalue weighted by atomic mass is 16.7. The first-order valence-corrected chi connectivity index (χ1v) is 8.06. The Balaban J connectivity index is 2.35. The monoisotopic (exact) mass is 309 g/mol. The van der Waals surface area contributed by atoms with Gasteiger partial charge in [-0.3, -0.25) is 5.41 Å². The quantitative estimate of drug-likeness (QED) is 0.221. The lowest BCUT2D eigenvalue weighted by atomic mass is 9.60. The van der Waals surface area contributed by atoms with Crippen LogP contribution in [-0.2, 0) is 18.8 Å². The molecule has 1 saturated heterocycles. The highest BCUT2D eigenvalue weighted by Crippen LogP contribution is 2.39. The normalized spacial score (nSPS) is 22.0. The van der Waals surface area contributed by atoms with Crippen molar-refractivity contribution in [3.8, 4) is 0 Å². The Bertz CT molecular complexity index is 374. The SMILES string of the molecule is CC(BOC=N)(CC=O)CCCCB1OC(C)(C)C(C)(C)O1. The molecule has 1 atom stereocenters. The molecule has 1 aliphatic heterocycles. The molecular weight excluding hydrogens is 280 g/mol. The Labute approximate surface area is 135 Å². The number of carbonyl (C=O) groups excluding carboxylic acids is 1. The van der Waals surface area contributed by atoms with E-state index >= 15 is 0 Å². The molecule has 0 saturated carbocycles. The predicted molar refractivity (Wildman–Crippen MR) is 90.8 cm³/mol. The number of hydrogen-bond acceptors (Lipinski definition) is 5. The van der Waals surface area contributed by atoms with Crippen LogP contribution in [0.4, 0.5) is 0 Å². The molecule has 1 N–H and O–H groups in total. The number of rotatable bonds is 10. The van der Waals surface area contributed by atoms with E-state index < -0.39 is 0 Å². The van der Waals surface area contributed by atoms with E-state index in [-0.39, 0.29) is 23.6 Å². The van der Waals surface area contributed by atoms with Crippen LogP contribution in [0.3, 0.4) is 0 Å². The van der Waals surface area contributed by atoms with Gasteiger partial charge < -0.3 is 18.8 Å². The molecular formula is C15H29B2NO4. The standard InChI is InChI=1S/C15H29B2NO4/c1-13(2)14(3,4)22-17(21-13)10-7-6-8-15(5,9-11-19)16-20-12-18/h11-12,16,18H,6-10H2,1-5H3. The Kier molecular flexibility index (Phi) is 6.68. The Morgan fingerprint density at radius 2 is 1.82 bits per heavy atom. The summed E-state index contributed by atoms with van der Waals surface area (Å²) in [7, 11) is 0.256. The van der Waals surface area contributed by atoms with Crippen LogP contribution in [0, 0.1) is 5.41 Å². The first-order valence-electron chi connectivity index (χ1n) is 8.06. The summed E-state index contributed by atoms with van der Waals surface area (Å²) in [5.41, 5.74) is -0.553. The molecule has 0 aromatic heterocycles. The van der Waals surface area contributed by atoms with Crippen molar-refractivity contribution in [2.45, 2.75) is 83.1 Å². The average Bonchev–Trinajstić information content (AvgIpc) is 2.61. The first-order chi connectivity index (χ1) is 10.2. The van der Waals surface area contributed by atoms with Crippen LogP contribution in [0.1, 0.15) is 60.3 Å². The summed E-state index contributed by atoms with van der Waals surface area (Å²) in [6.45, 7) is 10.3. The lowest BCUT2D eigenvalue weighted by Gasteiger charge is -2.32. The molecule has 124 valence electrons. The van der Waals surface area contributed by atoms with Crippen molar-refractivity contribution in [3.05, 3.63) is 0 Å². The molecule has 7 heteroatoms. The molecule has 22 heavy (non-hydrogen) atoms. The maximum atomic E-state index is 10.8. The van der Waals surface area contributed by atoms with Crippen LogP contribution in [-0.4, -0.2) is 38.5 Å². The van der Waals surface area contributed by atoms with Crippen molar-refractivity contribution in [2.24, 2.45) is 0 Å². The minimum absolute atomic E-state index is 0.153. The van der Waals surface area contributed by atoms with Gasteiger partial charge in [0.15, 0.2) is 0 Å². The summed E-state index contributed by atoms with van der Waals surface area (Å²) in [5.74, 6) is 0. The van der Waals surface area contributed by atoms with Crippen molar-refractivity contribution < 1.29 is 18.8 Å². The van der Waals surface area contributed by atoms with Gasteiger partial charge in [-0.05, 0) is 39.3 Å². The third-order valence-electron chi connectivity index (χ3n) is 4.86. The second-order valence-corrected chi connectivity index (χ2v) is 7.54. The van der Waals surface area contributed by atoms with Crippen LogP contribution in [0.5, 0.6) is 0 Å². The number of carbonyl (C=O) groups is 1. The highest BCUT2D eigenvalue weighted by molar-refractivity contribution is 6.45. The Morgan fingerprint density at radius 3 is 2.32 bits per heavy atom. The molecule has 1 heterocycles. The summed E-state index contributed by atoms with van der Waals surface area (Å²) in [6.07, 6.45) is 6.03. The Morgan fingerprint density at radius 1 is 1.23 bits per heavy atom. The van der Waals surface area contributed by atoms with E-state index in [1.54, 1.807) is 0 Å². The minimum Gasteiger partial charge on any atom is -0.556 e. The lowest BCUT2D eigenvalue weighted by molar-refractivity contribution is -0.108. The molecule has 5 nitrogen and oxygen atoms in total. The molecule has 0 aromatic rings. The van der Waals surface area contributed by atoms with E-state index in [0.717, 1.165) is 38.3 Å². The third kappa shape index (κ3) is 5.13. The number of aldehydes is 1. The second-order valence-electron chi connectivity index (χ2n) is 7.54. The topological polar surface area (TPSA) is 68.6 Å². The van der Waals surface area contributed by atoms with Crippen LogP contribution < -0.4 is 0 Å². The number of hydrogen-bond donors (Lipinski definition) is 1. The van der Waals surface area contributed by atoms with Gasteiger partial charge in [0, 0.05) is 6.42 Å². The van der Waals surface area contributed by atoms with Crippen molar-refractivity contribution >= 4 is 27.3 Å². The van der Waals surface area contributed by atoms with E-state index in [2.05, 4.69) is 27.7 Å². The van der Waals surface area contributed by atoms with Crippen molar-refractivity contribution in [1.82, 2.24) is 0 Å². The maximum Gasteiger partial charge on any atom is 0.457 e. The summed E-state index contributed by atoms with van der Waals surface area (Å²) in [6, 6.07) is 0. The van der Waals surface area contributed by atoms with E-state index in [1.165, 1.54) is 0 Å². The van der Waals surface area contributed by atoms with Crippen LogP contribution in [0.2, 0.25) is 11.6 Å². The molecule has 1 unspecified atom stereocenters. The fourth-order valence-electron chi connectivity index (χ4n) is 2.62. The van der Waals surface area contributed by atoms with Gasteiger partial charge in [0.1, 0.15) is 12.7 Å². The van der Waals surface area contributed by atoms with E-state index in [0.29, 0.717) is 13.9 Å². The molecule has 0 amide bonds. The molecule has 1 aliphatic rings. The van der Waals surface area contributed by atoms with Crippen LogP contribution in [0.15, 0.2) is 0 Å². The molecule has 0 bridgehead atoms. The van der Waals surface area contributed by atoms with Gasteiger partial charge in [-0.25, -0.2) is 0 Å². The van der Waals surface area contributed by atoms with Crippen molar-refractivity contribution in [3.63, 3.8) is 0 Å². The zero-order valence-electron chi connectivity index (χ0n) is 14.6. The molecule has 0 aromatic carbocycles. The van der Waals surface area contributed by atoms with Gasteiger partial charge in [0.05, 0.1) is 11.2 Å². The van der Waals surface area contributed by atoms with Crippen molar-refractivity contribution in [2.75, 3.05) is 0 Å². The summed E-state index contributed by atoms with van der Waals surface area (Å²) < 4.78 is 17.0. The van der Waals surface area contributed by atoms with Gasteiger partial charge in [0.2, 0.25) is 0 Å². The minimum atomic E-state index is -0.276. The van der Waals surface area contributed by atoms with Crippen molar-refractivity contribution in [1.29, 1.82) is 5.41 Å². The van der Waals surface area contributed by atoms with Crippen LogP contribution >= 0.6 is 0 Å². The summed E-state index contributed by atoms with van der Waals surface area (Å²) in [4.78, 5) is 10.8. The highest BCUT2D eigenvalue weighted by Gasteiger charge is 2.50. The molecule has 1 fully saturated rings. The van der Waals surface area contributed by atoms with Gasteiger partial charge in [-0.15, -0.1) is 0 Å². The lowest BCUT2D eigenvalue weighted by Crippen LogP contribution is -2.41. The fourth-order valence-corrected chi connectivity index (χ4v) is 2.62. The number of unbranched alkanes of at least 4 members (excludes halogenated alkanes) is 1. The second kappa shape index (κ2) is 7.64. The molecule has 0 spiro atoms. The zero-order valence-corrected chi connectivity index (χ0v) is 14.6. The number of nitrogens with one attached hydrogen (secondary N) is 1. The molecule has 0 radical (unpaired) electrons. The smallest absolute Gasteiger partial charge is 0.457 e. The van der Waals surface area contributed by atoms with Gasteiger partial charge in [-0.2, -0.15) is 0 Å². The summed E-state index contributed by atoms with van der Waals surface area (Å²) in [5, 5.41) is 6.75. The van der Waals surface area contributed by atoms with E-state index in [4.69, 9.17) is 19.4 Å². The third-order valence-corrected chi connectivity index (χ3v) is 4.86. The Hall–Kier alpha value is -0.810. The van der Waals surface area contributed by atoms with E-state index in [1.807, 2.05) is 6.92 Å². The predicted octanol–water partition coefficient (Wildman–Crippen LogP) is 2.99. The maximum absolute atomic E-state index is 10.8. The van der Waals surface area contributed by atoms with Crippen LogP contribution in [0.25, 0.3) is 0 Å². The average molecular weight is 309 g/mol. The van der Waals surface area contributed by atoms with Gasteiger partial charge >= 0.3 is 14.6 Å². The molecule has 1 rings (SSSR count).